The fourth-order valence-electron chi connectivity index (χ4n) is 0. The summed E-state index contributed by atoms with van der Waals surface area (Å²) in [5, 5.41) is 0. The number of hydrogen-bond acceptors (Lipinski definition) is 0. The van der Waals surface area contributed by atoms with E-state index in [0.29, 0.717) is 0 Å². The van der Waals surface area contributed by atoms with Crippen molar-refractivity contribution in [1.29, 1.82) is 0 Å². The summed E-state index contributed by atoms with van der Waals surface area (Å²) in [6.45, 7) is 0. The Morgan fingerprint density at radius 2 is 0.750 bits per heavy atom. The summed E-state index contributed by atoms with van der Waals surface area (Å²) >= 11 is 0. The van der Waals surface area contributed by atoms with Crippen LogP contribution in [0, 0.1) is 0 Å². The van der Waals surface area contributed by atoms with Crippen molar-refractivity contribution in [2.75, 3.05) is 0 Å². The summed E-state index contributed by atoms with van der Waals surface area (Å²) in [6.07, 6.45) is 0. The van der Waals surface area contributed by atoms with E-state index in [1.165, 1.54) is 0 Å². The zero-order valence-electron chi connectivity index (χ0n) is 1.50. The molecule has 0 amide bonds. The fraction of sp³-hybridized carbons (Fsp3) is 0. The Morgan fingerprint density at radius 3 is 0.750 bits per heavy atom. The van der Waals surface area contributed by atoms with Gasteiger partial charge in [0.05, 0.1) is 0 Å². The maximum absolute atomic E-state index is 0. The third-order valence-electron chi connectivity index (χ3n) is 0. The van der Waals surface area contributed by atoms with Gasteiger partial charge in [-0.2, -0.15) is 0 Å². The molecule has 0 atom stereocenters. The molecule has 30 valence electrons. The second kappa shape index (κ2) is 21.9. The molecule has 0 aliphatic rings. The van der Waals surface area contributed by atoms with Crippen molar-refractivity contribution >= 4 is 27.0 Å². The maximum Gasteiger partial charge on any atom is 2.00 e. The van der Waals surface area contributed by atoms with Crippen LogP contribution in [0.4, 0.5) is 0 Å². The van der Waals surface area contributed by atoms with Crippen LogP contribution in [0.25, 0.3) is 0 Å². The van der Waals surface area contributed by atoms with E-state index in [-0.39, 0.29) is 61.1 Å². The zero-order chi connectivity index (χ0) is 0. The first-order valence-electron chi connectivity index (χ1n) is 0. The Hall–Kier alpha value is 1.74. The average Bonchev–Trinajstić information content (AvgIpc) is 0. The summed E-state index contributed by atoms with van der Waals surface area (Å²) in [6, 6.07) is 0. The van der Waals surface area contributed by atoms with Crippen molar-refractivity contribution < 1.29 is 34.1 Å². The molecule has 0 unspecified atom stereocenters. The molecule has 2 radical (unpaired) electrons. The van der Waals surface area contributed by atoms with Crippen LogP contribution in [-0.2, 0) is 61.1 Å². The van der Waals surface area contributed by atoms with Crippen LogP contribution in [-0.4, -0.2) is 0 Å². The molecule has 4 heteroatoms. The van der Waals surface area contributed by atoms with Crippen LogP contribution in [0.3, 0.4) is 0 Å². The Morgan fingerprint density at radius 1 is 0.750 bits per heavy atom. The summed E-state index contributed by atoms with van der Waals surface area (Å²) in [5.74, 6) is 0. The number of rotatable bonds is 0. The van der Waals surface area contributed by atoms with Crippen LogP contribution in [0.5, 0.6) is 0 Å². The summed E-state index contributed by atoms with van der Waals surface area (Å²) in [5.41, 5.74) is 0. The van der Waals surface area contributed by atoms with Crippen LogP contribution >= 0.6 is 0 Å². The van der Waals surface area contributed by atoms with Crippen molar-refractivity contribution in [3.8, 4) is 0 Å². The monoisotopic (exact) mass is 182 g/mol. The van der Waals surface area contributed by atoms with E-state index in [1.807, 2.05) is 0 Å². The summed E-state index contributed by atoms with van der Waals surface area (Å²) in [4.78, 5) is 0. The zero-order valence-corrected chi connectivity index (χ0v) is 5.25. The van der Waals surface area contributed by atoms with Crippen LogP contribution in [0.2, 0.25) is 0 Å². The first kappa shape index (κ1) is 42.6. The van der Waals surface area contributed by atoms with E-state index in [4.69, 9.17) is 0 Å². The first-order valence-corrected chi connectivity index (χ1v) is 0. The van der Waals surface area contributed by atoms with E-state index >= 15 is 0 Å². The van der Waals surface area contributed by atoms with Gasteiger partial charge >= 0.3 is 34.1 Å². The van der Waals surface area contributed by atoms with Crippen LogP contribution in [0.15, 0.2) is 0 Å². The molecular weight excluding hydrogens is 183 g/mol. The molecule has 0 N–H and O–H groups in total. The molecule has 0 fully saturated rings. The van der Waals surface area contributed by atoms with Gasteiger partial charge in [0.25, 0.3) is 0 Å². The van der Waals surface area contributed by atoms with Gasteiger partial charge in [-0.15, -0.1) is 0 Å². The van der Waals surface area contributed by atoms with Gasteiger partial charge < -0.3 is 27.0 Å². The van der Waals surface area contributed by atoms with Gasteiger partial charge in [0.15, 0.2) is 0 Å². The van der Waals surface area contributed by atoms with Crippen molar-refractivity contribution in [3.63, 3.8) is 0 Å². The van der Waals surface area contributed by atoms with Crippen LogP contribution < -0.4 is 0 Å². The third kappa shape index (κ3) is 9.28. The maximum atomic E-state index is 0. The smallest absolute Gasteiger partial charge is 2.00 e. The molecule has 0 aromatic rings. The Bertz CT molecular complexity index is 6.00. The molecule has 0 bridgehead atoms. The SMILES string of the molecule is [Cu+2].[Mn+2].[S-2].[S-2]. The first-order chi connectivity index (χ1) is 0. The molecule has 0 saturated heterocycles. The largest absolute Gasteiger partial charge is 2.00 e. The topological polar surface area (TPSA) is 0 Å². The predicted molar refractivity (Wildman–Crippen MR) is 14.7 cm³/mol. The molecule has 0 aromatic heterocycles. The average molecular weight is 183 g/mol. The fourth-order valence-corrected chi connectivity index (χ4v) is 0. The van der Waals surface area contributed by atoms with E-state index < -0.39 is 0 Å². The van der Waals surface area contributed by atoms with Crippen molar-refractivity contribution in [2.45, 2.75) is 0 Å². The van der Waals surface area contributed by atoms with Crippen molar-refractivity contribution in [1.82, 2.24) is 0 Å². The second-order valence-corrected chi connectivity index (χ2v) is 0. The standard InChI is InChI=1S/Cu.Mn.2S/q2*+2;2*-2. The molecular formula is CuMnS2. The van der Waals surface area contributed by atoms with Gasteiger partial charge in [-0.05, 0) is 0 Å². The Kier molecular flexibility index (Phi) is 233. The van der Waals surface area contributed by atoms with Gasteiger partial charge in [-0.25, -0.2) is 0 Å². The molecule has 0 spiro atoms. The van der Waals surface area contributed by atoms with Gasteiger partial charge in [-0.1, -0.05) is 0 Å². The van der Waals surface area contributed by atoms with Gasteiger partial charge in [-0.3, -0.25) is 0 Å². The molecule has 0 rings (SSSR count). The van der Waals surface area contributed by atoms with Crippen LogP contribution in [0.1, 0.15) is 0 Å². The molecule has 4 heavy (non-hydrogen) atoms. The van der Waals surface area contributed by atoms with E-state index in [0.717, 1.165) is 0 Å². The molecule has 0 saturated carbocycles. The third-order valence-corrected chi connectivity index (χ3v) is 0. The second-order valence-electron chi connectivity index (χ2n) is 0. The van der Waals surface area contributed by atoms with Crippen molar-refractivity contribution in [2.24, 2.45) is 0 Å². The minimum atomic E-state index is 0. The predicted octanol–water partition coefficient (Wildman–Crippen LogP) is -0.00980. The number of hydrogen-bond donors (Lipinski definition) is 0. The summed E-state index contributed by atoms with van der Waals surface area (Å²) in [7, 11) is 0. The Balaban J connectivity index is 0. The molecule has 0 aliphatic heterocycles. The van der Waals surface area contributed by atoms with E-state index in [9.17, 15) is 0 Å². The minimum Gasteiger partial charge on any atom is -2.00 e. The van der Waals surface area contributed by atoms with Gasteiger partial charge in [0.2, 0.25) is 0 Å². The van der Waals surface area contributed by atoms with Gasteiger partial charge in [0, 0.05) is 0 Å². The van der Waals surface area contributed by atoms with E-state index in [1.54, 1.807) is 0 Å². The molecule has 0 heterocycles. The van der Waals surface area contributed by atoms with Crippen molar-refractivity contribution in [3.05, 3.63) is 0 Å². The van der Waals surface area contributed by atoms with Gasteiger partial charge in [0.1, 0.15) is 0 Å². The normalized spacial score (nSPS) is 0. The minimum absolute atomic E-state index is 0. The Labute approximate surface area is 60.9 Å². The molecule has 0 aliphatic carbocycles. The molecule has 0 aromatic carbocycles. The summed E-state index contributed by atoms with van der Waals surface area (Å²) < 4.78 is 0. The molecule has 0 nitrogen and oxygen atoms in total. The quantitative estimate of drug-likeness (QED) is 0.463. The van der Waals surface area contributed by atoms with E-state index in [2.05, 4.69) is 0 Å².